The molecule has 0 aliphatic carbocycles. The Hall–Kier alpha value is -0.340. The van der Waals surface area contributed by atoms with Gasteiger partial charge in [0.15, 0.2) is 0 Å². The Morgan fingerprint density at radius 3 is 2.23 bits per heavy atom. The average Bonchev–Trinajstić information content (AvgIpc) is 2.04. The minimum atomic E-state index is 0.414. The standard InChI is InChI=1S/C11H24N2/c1-8(2)6-7-11(13-12)10(5)9(3)4/h9-11,13H,1,6-7,12H2,2-5H3. The van der Waals surface area contributed by atoms with Crippen LogP contribution in [0.2, 0.25) is 0 Å². The minimum Gasteiger partial charge on any atom is -0.271 e. The Balaban J connectivity index is 3.94. The van der Waals surface area contributed by atoms with Gasteiger partial charge >= 0.3 is 0 Å². The van der Waals surface area contributed by atoms with Crippen LogP contribution in [-0.4, -0.2) is 6.04 Å². The molecule has 2 atom stereocenters. The van der Waals surface area contributed by atoms with Crippen LogP contribution in [0.4, 0.5) is 0 Å². The first-order chi connectivity index (χ1) is 5.99. The van der Waals surface area contributed by atoms with E-state index in [0.29, 0.717) is 17.9 Å². The third kappa shape index (κ3) is 5.06. The van der Waals surface area contributed by atoms with Gasteiger partial charge in [-0.1, -0.05) is 26.3 Å². The molecule has 0 rings (SSSR count). The van der Waals surface area contributed by atoms with Gasteiger partial charge in [0.2, 0.25) is 0 Å². The smallest absolute Gasteiger partial charge is 0.0241 e. The van der Waals surface area contributed by atoms with E-state index in [9.17, 15) is 0 Å². The Labute approximate surface area is 82.6 Å². The lowest BCUT2D eigenvalue weighted by Gasteiger charge is -2.26. The first kappa shape index (κ1) is 12.7. The summed E-state index contributed by atoms with van der Waals surface area (Å²) in [6.07, 6.45) is 2.15. The summed E-state index contributed by atoms with van der Waals surface area (Å²) in [5, 5.41) is 0. The third-order valence-corrected chi connectivity index (χ3v) is 2.78. The Morgan fingerprint density at radius 2 is 1.92 bits per heavy atom. The second-order valence-corrected chi connectivity index (χ2v) is 4.37. The molecule has 13 heavy (non-hydrogen) atoms. The maximum Gasteiger partial charge on any atom is 0.0241 e. The number of allylic oxidation sites excluding steroid dienone is 1. The zero-order chi connectivity index (χ0) is 10.4. The van der Waals surface area contributed by atoms with Gasteiger partial charge in [0, 0.05) is 6.04 Å². The average molecular weight is 184 g/mol. The van der Waals surface area contributed by atoms with Crippen LogP contribution in [0, 0.1) is 11.8 Å². The van der Waals surface area contributed by atoms with Crippen LogP contribution in [0.1, 0.15) is 40.5 Å². The molecule has 2 heteroatoms. The minimum absolute atomic E-state index is 0.414. The molecular weight excluding hydrogens is 160 g/mol. The molecule has 0 aromatic heterocycles. The van der Waals surface area contributed by atoms with Crippen molar-refractivity contribution in [3.05, 3.63) is 12.2 Å². The lowest BCUT2D eigenvalue weighted by atomic mass is 9.87. The maximum atomic E-state index is 5.52. The molecule has 0 aromatic rings. The molecule has 0 amide bonds. The number of rotatable bonds is 6. The van der Waals surface area contributed by atoms with Crippen molar-refractivity contribution in [2.24, 2.45) is 17.7 Å². The molecule has 0 aliphatic rings. The first-order valence-electron chi connectivity index (χ1n) is 5.09. The highest BCUT2D eigenvalue weighted by molar-refractivity contribution is 4.90. The number of hydrogen-bond acceptors (Lipinski definition) is 2. The van der Waals surface area contributed by atoms with Crippen molar-refractivity contribution in [3.63, 3.8) is 0 Å². The Bertz CT molecular complexity index is 152. The molecule has 3 N–H and O–H groups in total. The summed E-state index contributed by atoms with van der Waals surface area (Å²) in [6, 6.07) is 0.414. The van der Waals surface area contributed by atoms with Crippen LogP contribution in [0.15, 0.2) is 12.2 Å². The molecule has 0 spiro atoms. The van der Waals surface area contributed by atoms with Crippen molar-refractivity contribution >= 4 is 0 Å². The van der Waals surface area contributed by atoms with Crippen molar-refractivity contribution in [2.45, 2.75) is 46.6 Å². The summed E-state index contributed by atoms with van der Waals surface area (Å²) in [6.45, 7) is 12.7. The van der Waals surface area contributed by atoms with Crippen molar-refractivity contribution < 1.29 is 0 Å². The van der Waals surface area contributed by atoms with Crippen molar-refractivity contribution in [3.8, 4) is 0 Å². The molecule has 78 valence electrons. The third-order valence-electron chi connectivity index (χ3n) is 2.78. The van der Waals surface area contributed by atoms with E-state index in [4.69, 9.17) is 5.84 Å². The van der Waals surface area contributed by atoms with E-state index in [0.717, 1.165) is 12.8 Å². The second kappa shape index (κ2) is 6.17. The largest absolute Gasteiger partial charge is 0.271 e. The summed E-state index contributed by atoms with van der Waals surface area (Å²) in [5.41, 5.74) is 4.13. The topological polar surface area (TPSA) is 38.0 Å². The fraction of sp³-hybridized carbons (Fsp3) is 0.818. The Kier molecular flexibility index (Phi) is 6.00. The van der Waals surface area contributed by atoms with Gasteiger partial charge < -0.3 is 0 Å². The van der Waals surface area contributed by atoms with Crippen molar-refractivity contribution in [2.75, 3.05) is 0 Å². The summed E-state index contributed by atoms with van der Waals surface area (Å²) in [4.78, 5) is 0. The lowest BCUT2D eigenvalue weighted by molar-refractivity contribution is 0.288. The van der Waals surface area contributed by atoms with Crippen LogP contribution in [-0.2, 0) is 0 Å². The van der Waals surface area contributed by atoms with E-state index in [2.05, 4.69) is 39.7 Å². The van der Waals surface area contributed by atoms with Crippen LogP contribution in [0.3, 0.4) is 0 Å². The maximum absolute atomic E-state index is 5.52. The molecule has 0 saturated carbocycles. The van der Waals surface area contributed by atoms with Gasteiger partial charge in [0.25, 0.3) is 0 Å². The fourth-order valence-electron chi connectivity index (χ4n) is 1.36. The van der Waals surface area contributed by atoms with Crippen LogP contribution >= 0.6 is 0 Å². The van der Waals surface area contributed by atoms with Crippen molar-refractivity contribution in [1.29, 1.82) is 0 Å². The van der Waals surface area contributed by atoms with Gasteiger partial charge in [0.1, 0.15) is 0 Å². The molecule has 2 unspecified atom stereocenters. The molecular formula is C11H24N2. The number of nitrogens with two attached hydrogens (primary N) is 1. The molecule has 0 heterocycles. The number of hydrogen-bond donors (Lipinski definition) is 2. The predicted octanol–water partition coefficient (Wildman–Crippen LogP) is 2.47. The van der Waals surface area contributed by atoms with Gasteiger partial charge in [-0.2, -0.15) is 0 Å². The highest BCUT2D eigenvalue weighted by Crippen LogP contribution is 2.18. The summed E-state index contributed by atoms with van der Waals surface area (Å²) in [5.74, 6) is 6.81. The molecule has 0 radical (unpaired) electrons. The second-order valence-electron chi connectivity index (χ2n) is 4.37. The van der Waals surface area contributed by atoms with Crippen LogP contribution < -0.4 is 11.3 Å². The summed E-state index contributed by atoms with van der Waals surface area (Å²) < 4.78 is 0. The molecule has 0 aromatic carbocycles. The van der Waals surface area contributed by atoms with Crippen molar-refractivity contribution in [1.82, 2.24) is 5.43 Å². The summed E-state index contributed by atoms with van der Waals surface area (Å²) in [7, 11) is 0. The van der Waals surface area contributed by atoms with E-state index in [1.807, 2.05) is 0 Å². The van der Waals surface area contributed by atoms with E-state index < -0.39 is 0 Å². The zero-order valence-electron chi connectivity index (χ0n) is 9.43. The normalized spacial score (nSPS) is 15.8. The number of hydrazine groups is 1. The van der Waals surface area contributed by atoms with E-state index >= 15 is 0 Å². The van der Waals surface area contributed by atoms with E-state index in [-0.39, 0.29) is 0 Å². The zero-order valence-corrected chi connectivity index (χ0v) is 9.43. The van der Waals surface area contributed by atoms with E-state index in [1.54, 1.807) is 0 Å². The molecule has 0 bridgehead atoms. The fourth-order valence-corrected chi connectivity index (χ4v) is 1.36. The predicted molar refractivity (Wildman–Crippen MR) is 59.2 cm³/mol. The van der Waals surface area contributed by atoms with Crippen LogP contribution in [0.25, 0.3) is 0 Å². The van der Waals surface area contributed by atoms with Crippen LogP contribution in [0.5, 0.6) is 0 Å². The summed E-state index contributed by atoms with van der Waals surface area (Å²) >= 11 is 0. The van der Waals surface area contributed by atoms with Gasteiger partial charge in [-0.3, -0.25) is 11.3 Å². The Morgan fingerprint density at radius 1 is 1.38 bits per heavy atom. The monoisotopic (exact) mass is 184 g/mol. The van der Waals surface area contributed by atoms with Gasteiger partial charge in [0.05, 0.1) is 0 Å². The number of nitrogens with one attached hydrogen (secondary N) is 1. The quantitative estimate of drug-likeness (QED) is 0.378. The molecule has 2 nitrogen and oxygen atoms in total. The highest BCUT2D eigenvalue weighted by Gasteiger charge is 2.18. The SMILES string of the molecule is C=C(C)CCC(NN)C(C)C(C)C. The first-order valence-corrected chi connectivity index (χ1v) is 5.09. The lowest BCUT2D eigenvalue weighted by Crippen LogP contribution is -2.41. The molecule has 0 aliphatic heterocycles. The van der Waals surface area contributed by atoms with Gasteiger partial charge in [-0.05, 0) is 31.6 Å². The van der Waals surface area contributed by atoms with Gasteiger partial charge in [-0.15, -0.1) is 6.58 Å². The highest BCUT2D eigenvalue weighted by atomic mass is 15.2. The van der Waals surface area contributed by atoms with E-state index in [1.165, 1.54) is 5.57 Å². The molecule has 0 saturated heterocycles. The molecule has 0 fully saturated rings. The van der Waals surface area contributed by atoms with Gasteiger partial charge in [-0.25, -0.2) is 0 Å².